The highest BCUT2D eigenvalue weighted by atomic mass is 16.3. The summed E-state index contributed by atoms with van der Waals surface area (Å²) in [5, 5.41) is 9.59. The number of benzene rings is 1. The molecule has 0 bridgehead atoms. The number of aliphatic hydroxyl groups is 1. The van der Waals surface area contributed by atoms with E-state index in [4.69, 9.17) is 0 Å². The van der Waals surface area contributed by atoms with Gasteiger partial charge in [-0.25, -0.2) is 0 Å². The van der Waals surface area contributed by atoms with Crippen LogP contribution < -0.4 is 4.90 Å². The molecule has 1 aliphatic heterocycles. The van der Waals surface area contributed by atoms with E-state index in [0.717, 1.165) is 13.1 Å². The lowest BCUT2D eigenvalue weighted by atomic mass is 9.95. The van der Waals surface area contributed by atoms with Crippen LogP contribution >= 0.6 is 0 Å². The number of hydrogen-bond acceptors (Lipinski definition) is 3. The number of likely N-dealkylation sites (N-methyl/N-ethyl adjacent to an activating group) is 1. The van der Waals surface area contributed by atoms with Gasteiger partial charge < -0.3 is 10.0 Å². The Bertz CT molecular complexity index is 456. The molecule has 0 radical (unpaired) electrons. The van der Waals surface area contributed by atoms with Crippen molar-refractivity contribution >= 4 is 5.69 Å². The van der Waals surface area contributed by atoms with Crippen LogP contribution in [0.3, 0.4) is 0 Å². The Hall–Kier alpha value is -1.06. The van der Waals surface area contributed by atoms with Crippen molar-refractivity contribution in [3.8, 4) is 0 Å². The van der Waals surface area contributed by atoms with E-state index < -0.39 is 0 Å². The zero-order valence-electron chi connectivity index (χ0n) is 12.8. The van der Waals surface area contributed by atoms with E-state index in [1.807, 2.05) is 0 Å². The molecular weight excluding hydrogens is 236 g/mol. The summed E-state index contributed by atoms with van der Waals surface area (Å²) in [5.74, 6) is 0. The van der Waals surface area contributed by atoms with Crippen molar-refractivity contribution < 1.29 is 5.11 Å². The van der Waals surface area contributed by atoms with Gasteiger partial charge in [0.05, 0.1) is 12.6 Å². The van der Waals surface area contributed by atoms with Gasteiger partial charge in [-0.15, -0.1) is 0 Å². The summed E-state index contributed by atoms with van der Waals surface area (Å²) in [6.07, 6.45) is 0. The number of aryl methyl sites for hydroxylation is 2. The summed E-state index contributed by atoms with van der Waals surface area (Å²) in [7, 11) is 2.11. The van der Waals surface area contributed by atoms with Crippen LogP contribution in [0, 0.1) is 13.8 Å². The molecule has 0 saturated carbocycles. The Kier molecular flexibility index (Phi) is 3.88. The van der Waals surface area contributed by atoms with Crippen LogP contribution in [0.2, 0.25) is 0 Å². The number of rotatable bonds is 2. The van der Waals surface area contributed by atoms with E-state index in [1.54, 1.807) is 0 Å². The van der Waals surface area contributed by atoms with E-state index in [9.17, 15) is 5.11 Å². The molecule has 1 fully saturated rings. The van der Waals surface area contributed by atoms with Gasteiger partial charge in [-0.1, -0.05) is 6.07 Å². The molecule has 19 heavy (non-hydrogen) atoms. The van der Waals surface area contributed by atoms with Crippen LogP contribution in [0.25, 0.3) is 0 Å². The van der Waals surface area contributed by atoms with Crippen molar-refractivity contribution in [3.05, 3.63) is 29.3 Å². The molecule has 0 amide bonds. The van der Waals surface area contributed by atoms with Crippen LogP contribution in [-0.2, 0) is 0 Å². The summed E-state index contributed by atoms with van der Waals surface area (Å²) in [6.45, 7) is 10.9. The first kappa shape index (κ1) is 14.4. The first-order valence-corrected chi connectivity index (χ1v) is 7.01. The molecular formula is C16H26N2O. The molecule has 1 saturated heterocycles. The van der Waals surface area contributed by atoms with Gasteiger partial charge in [0.15, 0.2) is 0 Å². The Labute approximate surface area is 116 Å². The molecule has 1 N–H and O–H groups in total. The average Bonchev–Trinajstić information content (AvgIpc) is 2.35. The molecule has 1 unspecified atom stereocenters. The van der Waals surface area contributed by atoms with E-state index in [2.05, 4.69) is 62.7 Å². The average molecular weight is 262 g/mol. The lowest BCUT2D eigenvalue weighted by Crippen LogP contribution is -2.63. The summed E-state index contributed by atoms with van der Waals surface area (Å²) in [5.41, 5.74) is 4.00. The molecule has 2 rings (SSSR count). The number of aliphatic hydroxyl groups excluding tert-OH is 1. The monoisotopic (exact) mass is 262 g/mol. The molecule has 3 heteroatoms. The number of hydrogen-bond donors (Lipinski definition) is 1. The Morgan fingerprint density at radius 1 is 1.26 bits per heavy atom. The zero-order chi connectivity index (χ0) is 14.2. The van der Waals surface area contributed by atoms with E-state index in [0.29, 0.717) is 0 Å². The minimum atomic E-state index is 0.0738. The topological polar surface area (TPSA) is 26.7 Å². The maximum absolute atomic E-state index is 9.59. The van der Waals surface area contributed by atoms with Crippen LogP contribution in [0.4, 0.5) is 5.69 Å². The first-order chi connectivity index (χ1) is 8.85. The van der Waals surface area contributed by atoms with E-state index in [1.165, 1.54) is 16.8 Å². The van der Waals surface area contributed by atoms with Crippen molar-refractivity contribution in [1.82, 2.24) is 4.90 Å². The van der Waals surface area contributed by atoms with Crippen molar-refractivity contribution in [2.45, 2.75) is 39.3 Å². The second kappa shape index (κ2) is 5.14. The highest BCUT2D eigenvalue weighted by molar-refractivity contribution is 5.51. The third kappa shape index (κ3) is 2.77. The van der Waals surface area contributed by atoms with Gasteiger partial charge in [0.25, 0.3) is 0 Å². The molecule has 3 nitrogen and oxygen atoms in total. The highest BCUT2D eigenvalue weighted by Gasteiger charge is 2.37. The molecule has 0 aliphatic carbocycles. The SMILES string of the molecule is Cc1ccc(N2CC(CO)N(C)C(C)(C)C2)cc1C. The minimum Gasteiger partial charge on any atom is -0.395 e. The molecule has 0 aromatic heterocycles. The third-order valence-corrected chi connectivity index (χ3v) is 4.58. The van der Waals surface area contributed by atoms with Gasteiger partial charge in [-0.3, -0.25) is 4.90 Å². The second-order valence-electron chi connectivity index (χ2n) is 6.41. The smallest absolute Gasteiger partial charge is 0.0604 e. The van der Waals surface area contributed by atoms with Crippen LogP contribution in [-0.4, -0.2) is 48.3 Å². The minimum absolute atomic E-state index is 0.0738. The Morgan fingerprint density at radius 3 is 2.53 bits per heavy atom. The summed E-state index contributed by atoms with van der Waals surface area (Å²) in [4.78, 5) is 4.69. The second-order valence-corrected chi connectivity index (χ2v) is 6.41. The lowest BCUT2D eigenvalue weighted by molar-refractivity contribution is 0.0455. The predicted molar refractivity (Wildman–Crippen MR) is 80.8 cm³/mol. The van der Waals surface area contributed by atoms with Crippen molar-refractivity contribution in [2.24, 2.45) is 0 Å². The molecule has 106 valence electrons. The molecule has 1 aromatic carbocycles. The maximum Gasteiger partial charge on any atom is 0.0604 e. The van der Waals surface area contributed by atoms with Gasteiger partial charge in [0.1, 0.15) is 0 Å². The van der Waals surface area contributed by atoms with Crippen molar-refractivity contribution in [3.63, 3.8) is 0 Å². The molecule has 1 aliphatic rings. The number of anilines is 1. The van der Waals surface area contributed by atoms with Crippen LogP contribution in [0.5, 0.6) is 0 Å². The fourth-order valence-corrected chi connectivity index (χ4v) is 2.81. The predicted octanol–water partition coefficient (Wildman–Crippen LogP) is 2.19. The van der Waals surface area contributed by atoms with Gasteiger partial charge in [0.2, 0.25) is 0 Å². The van der Waals surface area contributed by atoms with E-state index in [-0.39, 0.29) is 18.2 Å². The molecule has 1 atom stereocenters. The highest BCUT2D eigenvalue weighted by Crippen LogP contribution is 2.28. The standard InChI is InChI=1S/C16H26N2O/c1-12-6-7-14(8-13(12)2)18-9-15(10-19)17(5)16(3,4)11-18/h6-8,15,19H,9-11H2,1-5H3. The van der Waals surface area contributed by atoms with Gasteiger partial charge in [-0.2, -0.15) is 0 Å². The van der Waals surface area contributed by atoms with Crippen molar-refractivity contribution in [1.29, 1.82) is 0 Å². The summed E-state index contributed by atoms with van der Waals surface area (Å²) in [6, 6.07) is 6.83. The Morgan fingerprint density at radius 2 is 1.95 bits per heavy atom. The molecule has 1 aromatic rings. The largest absolute Gasteiger partial charge is 0.395 e. The zero-order valence-corrected chi connectivity index (χ0v) is 12.8. The molecule has 1 heterocycles. The first-order valence-electron chi connectivity index (χ1n) is 7.01. The van der Waals surface area contributed by atoms with Crippen LogP contribution in [0.1, 0.15) is 25.0 Å². The van der Waals surface area contributed by atoms with Crippen molar-refractivity contribution in [2.75, 3.05) is 31.6 Å². The quantitative estimate of drug-likeness (QED) is 0.885. The Balaban J connectivity index is 2.27. The normalized spacial score (nSPS) is 23.7. The van der Waals surface area contributed by atoms with Gasteiger partial charge in [0, 0.05) is 24.3 Å². The van der Waals surface area contributed by atoms with Crippen LogP contribution in [0.15, 0.2) is 18.2 Å². The van der Waals surface area contributed by atoms with E-state index >= 15 is 0 Å². The van der Waals surface area contributed by atoms with Gasteiger partial charge in [-0.05, 0) is 58.0 Å². The fraction of sp³-hybridized carbons (Fsp3) is 0.625. The number of nitrogens with zero attached hydrogens (tertiary/aromatic N) is 2. The fourth-order valence-electron chi connectivity index (χ4n) is 2.81. The van der Waals surface area contributed by atoms with Gasteiger partial charge >= 0.3 is 0 Å². The summed E-state index contributed by atoms with van der Waals surface area (Å²) < 4.78 is 0. The lowest BCUT2D eigenvalue weighted by Gasteiger charge is -2.50. The third-order valence-electron chi connectivity index (χ3n) is 4.58. The molecule has 0 spiro atoms. The summed E-state index contributed by atoms with van der Waals surface area (Å²) >= 11 is 0. The number of piperazine rings is 1. The maximum atomic E-state index is 9.59.